The second-order valence-corrected chi connectivity index (χ2v) is 6.69. The second-order valence-electron chi connectivity index (χ2n) is 6.29. The number of nitrogens with zero attached hydrogens (tertiary/aromatic N) is 2. The molecule has 0 heterocycles. The third-order valence-corrected chi connectivity index (χ3v) is 4.55. The lowest BCUT2D eigenvalue weighted by Gasteiger charge is -2.25. The van der Waals surface area contributed by atoms with E-state index in [1.54, 1.807) is 12.1 Å². The van der Waals surface area contributed by atoms with Crippen molar-refractivity contribution in [1.29, 1.82) is 0 Å². The molecule has 0 bridgehead atoms. The molecule has 0 aliphatic heterocycles. The summed E-state index contributed by atoms with van der Waals surface area (Å²) in [7, 11) is 1.43. The Hall–Kier alpha value is -2.48. The van der Waals surface area contributed by atoms with Crippen LogP contribution in [0.25, 0.3) is 0 Å². The number of anilines is 1. The van der Waals surface area contributed by atoms with Gasteiger partial charge < -0.3 is 9.84 Å². The summed E-state index contributed by atoms with van der Waals surface area (Å²) in [6.45, 7) is 0.182. The fraction of sp³-hybridized carbons (Fsp3) is 0.278. The highest BCUT2D eigenvalue weighted by molar-refractivity contribution is 6.32. The summed E-state index contributed by atoms with van der Waals surface area (Å²) in [5.41, 5.74) is 2.45. The van der Waals surface area contributed by atoms with Gasteiger partial charge in [-0.1, -0.05) is 23.7 Å². The number of aromatic hydroxyl groups is 1. The maximum absolute atomic E-state index is 12.2. The van der Waals surface area contributed by atoms with Gasteiger partial charge in [0.05, 0.1) is 10.7 Å². The van der Waals surface area contributed by atoms with Gasteiger partial charge in [-0.05, 0) is 42.5 Å². The number of hydrogen-bond donors (Lipinski definition) is 3. The van der Waals surface area contributed by atoms with Crippen LogP contribution in [0.5, 0.6) is 11.5 Å². The van der Waals surface area contributed by atoms with Crippen molar-refractivity contribution in [2.24, 2.45) is 11.7 Å². The number of phenols is 1. The van der Waals surface area contributed by atoms with Gasteiger partial charge in [-0.15, -0.1) is 0 Å². The lowest BCUT2D eigenvalue weighted by molar-refractivity contribution is 0.216. The molecular weight excluding hydrogens is 356 g/mol. The summed E-state index contributed by atoms with van der Waals surface area (Å²) < 4.78 is 5.85. The van der Waals surface area contributed by atoms with Crippen molar-refractivity contribution in [2.45, 2.75) is 25.4 Å². The predicted molar refractivity (Wildman–Crippen MR) is 99.9 cm³/mol. The van der Waals surface area contributed by atoms with E-state index in [1.807, 2.05) is 12.1 Å². The average Bonchev–Trinajstić information content (AvgIpc) is 3.44. The fourth-order valence-corrected chi connectivity index (χ4v) is 3.01. The number of ether oxygens (including phenoxy) is 1. The number of carbonyl (C=O) groups excluding carboxylic acids is 1. The number of halogens is 1. The first kappa shape index (κ1) is 18.3. The van der Waals surface area contributed by atoms with Crippen LogP contribution < -0.4 is 21.4 Å². The molecule has 0 saturated heterocycles. The zero-order valence-electron chi connectivity index (χ0n) is 14.4. The third-order valence-electron chi connectivity index (χ3n) is 4.26. The maximum atomic E-state index is 12.2. The molecule has 2 aromatic carbocycles. The molecule has 26 heavy (non-hydrogen) atoms. The molecule has 0 aromatic heterocycles. The Morgan fingerprint density at radius 2 is 2.04 bits per heavy atom. The smallest absolute Gasteiger partial charge is 0.352 e. The minimum Gasteiger partial charge on any atom is -0.508 e. The van der Waals surface area contributed by atoms with Crippen LogP contribution in [0.1, 0.15) is 29.9 Å². The third kappa shape index (κ3) is 3.85. The first-order chi connectivity index (χ1) is 12.4. The zero-order valence-corrected chi connectivity index (χ0v) is 15.1. The van der Waals surface area contributed by atoms with E-state index in [4.69, 9.17) is 28.0 Å². The molecule has 0 radical (unpaired) electrons. The first-order valence-corrected chi connectivity index (χ1v) is 8.56. The van der Waals surface area contributed by atoms with Crippen molar-refractivity contribution in [2.75, 3.05) is 12.1 Å². The quantitative estimate of drug-likeness (QED) is 0.422. The first-order valence-electron chi connectivity index (χ1n) is 8.18. The molecule has 138 valence electrons. The summed E-state index contributed by atoms with van der Waals surface area (Å²) in [6.07, 6.45) is 2.18. The van der Waals surface area contributed by atoms with Gasteiger partial charge in [0.1, 0.15) is 18.1 Å². The molecule has 2 amide bonds. The minimum atomic E-state index is -0.540. The van der Waals surface area contributed by atoms with Gasteiger partial charge in [0, 0.05) is 18.7 Å². The Morgan fingerprint density at radius 3 is 2.65 bits per heavy atom. The highest BCUT2D eigenvalue weighted by Gasteiger charge is 2.29. The Labute approximate surface area is 156 Å². The zero-order chi connectivity index (χ0) is 18.8. The van der Waals surface area contributed by atoms with Crippen molar-refractivity contribution in [3.8, 4) is 11.5 Å². The molecule has 8 heteroatoms. The van der Waals surface area contributed by atoms with Gasteiger partial charge in [0.25, 0.3) is 0 Å². The lowest BCUT2D eigenvalue weighted by Crippen LogP contribution is -2.49. The number of hydrogen-bond acceptors (Lipinski definition) is 5. The van der Waals surface area contributed by atoms with Gasteiger partial charge in [-0.2, -0.15) is 0 Å². The number of urea groups is 1. The van der Waals surface area contributed by atoms with Gasteiger partial charge in [-0.25, -0.2) is 21.5 Å². The van der Waals surface area contributed by atoms with E-state index >= 15 is 0 Å². The van der Waals surface area contributed by atoms with E-state index < -0.39 is 6.03 Å². The monoisotopic (exact) mass is 376 g/mol. The molecule has 1 aliphatic rings. The summed E-state index contributed by atoms with van der Waals surface area (Å²) in [4.78, 5) is 12.2. The standard InChI is InChI=1S/C18H21ClN4O3/c1-22(20)18(25)23(21)16-4-2-3-13(11-5-6-11)14(16)10-26-17-8-7-12(24)9-15(17)19/h2-4,7-9,11,24H,5-6,10,20-21H2,1H3. The summed E-state index contributed by atoms with van der Waals surface area (Å²) in [6, 6.07) is 9.60. The van der Waals surface area contributed by atoms with Crippen LogP contribution in [-0.4, -0.2) is 23.2 Å². The van der Waals surface area contributed by atoms with E-state index in [9.17, 15) is 9.90 Å². The van der Waals surface area contributed by atoms with Crippen molar-refractivity contribution in [1.82, 2.24) is 5.01 Å². The Kier molecular flexibility index (Phi) is 5.22. The maximum Gasteiger partial charge on any atom is 0.352 e. The van der Waals surface area contributed by atoms with Crippen LogP contribution in [0.15, 0.2) is 36.4 Å². The van der Waals surface area contributed by atoms with Crippen LogP contribution in [0.2, 0.25) is 5.02 Å². The Morgan fingerprint density at radius 1 is 1.31 bits per heavy atom. The lowest BCUT2D eigenvalue weighted by atomic mass is 10.0. The number of nitrogens with two attached hydrogens (primary N) is 2. The highest BCUT2D eigenvalue weighted by Crippen LogP contribution is 2.44. The number of benzene rings is 2. The highest BCUT2D eigenvalue weighted by atomic mass is 35.5. The van der Waals surface area contributed by atoms with Crippen molar-refractivity contribution in [3.05, 3.63) is 52.5 Å². The van der Waals surface area contributed by atoms with Crippen LogP contribution in [0.4, 0.5) is 10.5 Å². The topological polar surface area (TPSA) is 105 Å². The van der Waals surface area contributed by atoms with E-state index in [1.165, 1.54) is 19.2 Å². The fourth-order valence-electron chi connectivity index (χ4n) is 2.78. The SMILES string of the molecule is CN(N)C(=O)N(N)c1cccc(C2CC2)c1COc1ccc(O)cc1Cl. The summed E-state index contributed by atoms with van der Waals surface area (Å²) in [5.74, 6) is 12.5. The molecule has 7 nitrogen and oxygen atoms in total. The molecule has 0 atom stereocenters. The minimum absolute atomic E-state index is 0.0612. The normalized spacial score (nSPS) is 13.4. The molecule has 2 aromatic rings. The largest absolute Gasteiger partial charge is 0.508 e. The summed E-state index contributed by atoms with van der Waals surface area (Å²) >= 11 is 6.11. The van der Waals surface area contributed by atoms with Crippen molar-refractivity contribution < 1.29 is 14.6 Å². The van der Waals surface area contributed by atoms with Gasteiger partial charge >= 0.3 is 6.03 Å². The molecule has 1 aliphatic carbocycles. The Bertz CT molecular complexity index is 824. The Balaban J connectivity index is 1.92. The van der Waals surface area contributed by atoms with Crippen LogP contribution in [0, 0.1) is 0 Å². The number of phenolic OH excluding ortho intramolecular Hbond substituents is 1. The molecule has 3 rings (SSSR count). The molecule has 0 spiro atoms. The number of amides is 2. The second kappa shape index (κ2) is 7.41. The molecular formula is C18H21ClN4O3. The molecule has 5 N–H and O–H groups in total. The van der Waals surface area contributed by atoms with Crippen molar-refractivity contribution in [3.63, 3.8) is 0 Å². The molecule has 1 saturated carbocycles. The van der Waals surface area contributed by atoms with E-state index in [0.717, 1.165) is 34.0 Å². The van der Waals surface area contributed by atoms with Crippen LogP contribution >= 0.6 is 11.6 Å². The number of hydrazine groups is 2. The van der Waals surface area contributed by atoms with Gasteiger partial charge in [0.2, 0.25) is 0 Å². The van der Waals surface area contributed by atoms with Crippen LogP contribution in [-0.2, 0) is 6.61 Å². The van der Waals surface area contributed by atoms with Crippen LogP contribution in [0.3, 0.4) is 0 Å². The van der Waals surface area contributed by atoms with E-state index in [0.29, 0.717) is 22.4 Å². The summed E-state index contributed by atoms with van der Waals surface area (Å²) in [5, 5.41) is 11.7. The molecule has 0 unspecified atom stereocenters. The van der Waals surface area contributed by atoms with Gasteiger partial charge in [-0.3, -0.25) is 5.01 Å². The van der Waals surface area contributed by atoms with E-state index in [-0.39, 0.29) is 12.4 Å². The predicted octanol–water partition coefficient (Wildman–Crippen LogP) is 3.11. The molecule has 1 fully saturated rings. The average molecular weight is 377 g/mol. The van der Waals surface area contributed by atoms with Crippen molar-refractivity contribution >= 4 is 23.3 Å². The van der Waals surface area contributed by atoms with E-state index in [2.05, 4.69) is 0 Å². The number of rotatable bonds is 5. The number of carbonyl (C=O) groups is 1. The van der Waals surface area contributed by atoms with Gasteiger partial charge in [0.15, 0.2) is 0 Å².